The Morgan fingerprint density at radius 3 is 2.26 bits per heavy atom. The fourth-order valence-corrected chi connectivity index (χ4v) is 2.89. The van der Waals surface area contributed by atoms with Crippen LogP contribution in [0.5, 0.6) is 0 Å². The van der Waals surface area contributed by atoms with Gasteiger partial charge >= 0.3 is 0 Å². The summed E-state index contributed by atoms with van der Waals surface area (Å²) >= 11 is 6.24. The molecule has 0 aliphatic rings. The standard InChI is InChI=1S/C19H23ClN2O/c1-5-22(6-2)19(23)15-10-7-8-12-18(15)21(4)17-13-9-11-16(20)14(17)3/h7-13H,5-6H2,1-4H3. The average molecular weight is 331 g/mol. The van der Waals surface area contributed by atoms with Crippen molar-refractivity contribution in [2.75, 3.05) is 25.0 Å². The third-order valence-electron chi connectivity index (χ3n) is 4.15. The molecular formula is C19H23ClN2O. The molecule has 0 atom stereocenters. The SMILES string of the molecule is CCN(CC)C(=O)c1ccccc1N(C)c1cccc(Cl)c1C. The van der Waals surface area contributed by atoms with Gasteiger partial charge in [0.2, 0.25) is 0 Å². The van der Waals surface area contributed by atoms with E-state index in [2.05, 4.69) is 0 Å². The van der Waals surface area contributed by atoms with E-state index in [-0.39, 0.29) is 5.91 Å². The fraction of sp³-hybridized carbons (Fsp3) is 0.316. The van der Waals surface area contributed by atoms with Crippen molar-refractivity contribution in [3.8, 4) is 0 Å². The first-order valence-electron chi connectivity index (χ1n) is 7.88. The minimum absolute atomic E-state index is 0.0529. The first-order chi connectivity index (χ1) is 11.0. The normalized spacial score (nSPS) is 10.5. The molecule has 0 fully saturated rings. The highest BCUT2D eigenvalue weighted by Gasteiger charge is 2.19. The summed E-state index contributed by atoms with van der Waals surface area (Å²) in [5, 5.41) is 0.724. The highest BCUT2D eigenvalue weighted by molar-refractivity contribution is 6.31. The number of hydrogen-bond donors (Lipinski definition) is 0. The van der Waals surface area contributed by atoms with Crippen LogP contribution in [0.2, 0.25) is 5.02 Å². The Hall–Kier alpha value is -2.00. The van der Waals surface area contributed by atoms with Gasteiger partial charge in [-0.05, 0) is 50.6 Å². The van der Waals surface area contributed by atoms with Crippen LogP contribution in [-0.4, -0.2) is 30.9 Å². The molecule has 0 bridgehead atoms. The van der Waals surface area contributed by atoms with Crippen molar-refractivity contribution >= 4 is 28.9 Å². The molecule has 3 nitrogen and oxygen atoms in total. The lowest BCUT2D eigenvalue weighted by Crippen LogP contribution is -2.31. The van der Waals surface area contributed by atoms with Crippen molar-refractivity contribution in [1.29, 1.82) is 0 Å². The monoisotopic (exact) mass is 330 g/mol. The molecule has 0 radical (unpaired) electrons. The molecule has 1 amide bonds. The zero-order chi connectivity index (χ0) is 17.0. The van der Waals surface area contributed by atoms with E-state index < -0.39 is 0 Å². The summed E-state index contributed by atoms with van der Waals surface area (Å²) < 4.78 is 0. The van der Waals surface area contributed by atoms with Crippen LogP contribution >= 0.6 is 11.6 Å². The van der Waals surface area contributed by atoms with Gasteiger partial charge in [-0.15, -0.1) is 0 Å². The van der Waals surface area contributed by atoms with Crippen LogP contribution < -0.4 is 4.90 Å². The Balaban J connectivity index is 2.48. The number of para-hydroxylation sites is 1. The van der Waals surface area contributed by atoms with Crippen LogP contribution in [0.3, 0.4) is 0 Å². The quantitative estimate of drug-likeness (QED) is 0.778. The number of carbonyl (C=O) groups is 1. The summed E-state index contributed by atoms with van der Waals surface area (Å²) in [6.45, 7) is 7.37. The number of nitrogens with zero attached hydrogens (tertiary/aromatic N) is 2. The van der Waals surface area contributed by atoms with Gasteiger partial charge in [-0.3, -0.25) is 4.79 Å². The molecular weight excluding hydrogens is 308 g/mol. The van der Waals surface area contributed by atoms with Crippen LogP contribution in [-0.2, 0) is 0 Å². The van der Waals surface area contributed by atoms with E-state index in [9.17, 15) is 4.79 Å². The Morgan fingerprint density at radius 1 is 1.00 bits per heavy atom. The van der Waals surface area contributed by atoms with Gasteiger partial charge in [0.15, 0.2) is 0 Å². The van der Waals surface area contributed by atoms with E-state index in [1.54, 1.807) is 0 Å². The van der Waals surface area contributed by atoms with E-state index in [1.165, 1.54) is 0 Å². The molecule has 2 rings (SSSR count). The van der Waals surface area contributed by atoms with E-state index in [0.717, 1.165) is 22.0 Å². The van der Waals surface area contributed by atoms with Crippen molar-refractivity contribution in [2.45, 2.75) is 20.8 Å². The molecule has 0 aliphatic carbocycles. The zero-order valence-corrected chi connectivity index (χ0v) is 14.9. The molecule has 0 aromatic heterocycles. The zero-order valence-electron chi connectivity index (χ0n) is 14.1. The van der Waals surface area contributed by atoms with Gasteiger partial charge in [-0.1, -0.05) is 29.8 Å². The van der Waals surface area contributed by atoms with E-state index in [4.69, 9.17) is 11.6 Å². The van der Waals surface area contributed by atoms with Crippen molar-refractivity contribution in [2.24, 2.45) is 0 Å². The van der Waals surface area contributed by atoms with Crippen molar-refractivity contribution in [1.82, 2.24) is 4.90 Å². The predicted molar refractivity (Wildman–Crippen MR) is 97.9 cm³/mol. The second kappa shape index (κ2) is 7.51. The molecule has 122 valence electrons. The van der Waals surface area contributed by atoms with Crippen molar-refractivity contribution in [3.63, 3.8) is 0 Å². The third-order valence-corrected chi connectivity index (χ3v) is 4.56. The third kappa shape index (κ3) is 3.50. The molecule has 0 N–H and O–H groups in total. The first-order valence-corrected chi connectivity index (χ1v) is 8.26. The number of hydrogen-bond acceptors (Lipinski definition) is 2. The molecule has 2 aromatic carbocycles. The van der Waals surface area contributed by atoms with Gasteiger partial charge in [-0.2, -0.15) is 0 Å². The number of anilines is 2. The Labute approximate surface area is 143 Å². The maximum Gasteiger partial charge on any atom is 0.255 e. The topological polar surface area (TPSA) is 23.6 Å². The summed E-state index contributed by atoms with van der Waals surface area (Å²) in [5.41, 5.74) is 3.59. The largest absolute Gasteiger partial charge is 0.344 e. The number of benzene rings is 2. The van der Waals surface area contributed by atoms with Gasteiger partial charge in [-0.25, -0.2) is 0 Å². The van der Waals surface area contributed by atoms with Gasteiger partial charge in [0.05, 0.1) is 11.3 Å². The highest BCUT2D eigenvalue weighted by Crippen LogP contribution is 2.32. The molecule has 0 spiro atoms. The van der Waals surface area contributed by atoms with E-state index in [0.29, 0.717) is 18.7 Å². The van der Waals surface area contributed by atoms with Crippen molar-refractivity contribution in [3.05, 3.63) is 58.6 Å². The number of halogens is 1. The predicted octanol–water partition coefficient (Wildman–Crippen LogP) is 4.90. The minimum Gasteiger partial charge on any atom is -0.344 e. The van der Waals surface area contributed by atoms with Gasteiger partial charge < -0.3 is 9.80 Å². The maximum absolute atomic E-state index is 12.8. The fourth-order valence-electron chi connectivity index (χ4n) is 2.72. The molecule has 4 heteroatoms. The molecule has 2 aromatic rings. The number of rotatable bonds is 5. The Morgan fingerprint density at radius 2 is 1.61 bits per heavy atom. The van der Waals surface area contributed by atoms with Crippen LogP contribution in [0.25, 0.3) is 0 Å². The first kappa shape index (κ1) is 17.4. The van der Waals surface area contributed by atoms with Crippen LogP contribution in [0.4, 0.5) is 11.4 Å². The summed E-state index contributed by atoms with van der Waals surface area (Å²) in [5.74, 6) is 0.0529. The van der Waals surface area contributed by atoms with Gasteiger partial charge in [0.25, 0.3) is 5.91 Å². The minimum atomic E-state index is 0.0529. The lowest BCUT2D eigenvalue weighted by atomic mass is 10.1. The highest BCUT2D eigenvalue weighted by atomic mass is 35.5. The van der Waals surface area contributed by atoms with Crippen molar-refractivity contribution < 1.29 is 4.79 Å². The lowest BCUT2D eigenvalue weighted by molar-refractivity contribution is 0.0773. The molecule has 0 saturated carbocycles. The summed E-state index contributed by atoms with van der Waals surface area (Å²) in [7, 11) is 1.97. The molecule has 0 heterocycles. The van der Waals surface area contributed by atoms with E-state index >= 15 is 0 Å². The average Bonchev–Trinajstić information content (AvgIpc) is 2.57. The summed E-state index contributed by atoms with van der Waals surface area (Å²) in [6.07, 6.45) is 0. The van der Waals surface area contributed by atoms with Gasteiger partial charge in [0.1, 0.15) is 0 Å². The van der Waals surface area contributed by atoms with Crippen LogP contribution in [0.1, 0.15) is 29.8 Å². The Kier molecular flexibility index (Phi) is 5.67. The smallest absolute Gasteiger partial charge is 0.255 e. The molecule has 0 aliphatic heterocycles. The summed E-state index contributed by atoms with van der Waals surface area (Å²) in [4.78, 5) is 16.6. The Bertz CT molecular complexity index is 696. The van der Waals surface area contributed by atoms with E-state index in [1.807, 2.05) is 80.1 Å². The lowest BCUT2D eigenvalue weighted by Gasteiger charge is -2.26. The summed E-state index contributed by atoms with van der Waals surface area (Å²) in [6, 6.07) is 13.5. The molecule has 23 heavy (non-hydrogen) atoms. The molecule has 0 unspecified atom stereocenters. The molecule has 0 saturated heterocycles. The number of carbonyl (C=O) groups excluding carboxylic acids is 1. The second-order valence-electron chi connectivity index (χ2n) is 5.44. The second-order valence-corrected chi connectivity index (χ2v) is 5.84. The number of amides is 1. The van der Waals surface area contributed by atoms with Crippen LogP contribution in [0.15, 0.2) is 42.5 Å². The maximum atomic E-state index is 12.8. The van der Waals surface area contributed by atoms with Gasteiger partial charge in [0, 0.05) is 30.8 Å². The van der Waals surface area contributed by atoms with Crippen LogP contribution in [0, 0.1) is 6.92 Å².